The third-order valence-electron chi connectivity index (χ3n) is 5.69. The Kier molecular flexibility index (Phi) is 7.85. The van der Waals surface area contributed by atoms with Crippen LogP contribution in [0.2, 0.25) is 0 Å². The lowest BCUT2D eigenvalue weighted by Crippen LogP contribution is -2.21. The normalized spacial score (nSPS) is 14.7. The first-order chi connectivity index (χ1) is 16.5. The number of rotatable bonds is 9. The number of esters is 1. The summed E-state index contributed by atoms with van der Waals surface area (Å²) in [7, 11) is 0. The number of carbonyl (C=O) groups is 2. The molecule has 7 heteroatoms. The Labute approximate surface area is 203 Å². The summed E-state index contributed by atoms with van der Waals surface area (Å²) >= 11 is 1.47. The third-order valence-corrected chi connectivity index (χ3v) is 6.86. The first-order valence-electron chi connectivity index (χ1n) is 11.5. The topological polar surface area (TPSA) is 73.9 Å². The van der Waals surface area contributed by atoms with E-state index in [9.17, 15) is 9.59 Å². The summed E-state index contributed by atoms with van der Waals surface area (Å²) in [4.78, 5) is 26.4. The van der Waals surface area contributed by atoms with Crippen molar-refractivity contribution in [2.45, 2.75) is 39.7 Å². The van der Waals surface area contributed by atoms with Gasteiger partial charge in [0.1, 0.15) is 23.1 Å². The second kappa shape index (κ2) is 11.2. The minimum atomic E-state index is -0.378. The number of anilines is 1. The van der Waals surface area contributed by atoms with E-state index in [-0.39, 0.29) is 18.5 Å². The van der Waals surface area contributed by atoms with Crippen molar-refractivity contribution in [1.29, 1.82) is 0 Å². The summed E-state index contributed by atoms with van der Waals surface area (Å²) < 4.78 is 16.7. The fourth-order valence-electron chi connectivity index (χ4n) is 3.94. The van der Waals surface area contributed by atoms with Crippen LogP contribution in [-0.2, 0) is 29.0 Å². The zero-order chi connectivity index (χ0) is 23.9. The van der Waals surface area contributed by atoms with E-state index in [0.29, 0.717) is 35.4 Å². The van der Waals surface area contributed by atoms with Gasteiger partial charge >= 0.3 is 5.97 Å². The number of benzene rings is 2. The lowest BCUT2D eigenvalue weighted by atomic mass is 9.88. The van der Waals surface area contributed by atoms with Crippen LogP contribution in [0.4, 0.5) is 5.00 Å². The van der Waals surface area contributed by atoms with E-state index < -0.39 is 0 Å². The van der Waals surface area contributed by atoms with Crippen molar-refractivity contribution in [2.75, 3.05) is 18.5 Å². The van der Waals surface area contributed by atoms with Crippen LogP contribution in [0, 0.1) is 5.92 Å². The summed E-state index contributed by atoms with van der Waals surface area (Å²) in [5.74, 6) is 1.15. The number of ether oxygens (including phenoxy) is 3. The molecule has 1 amide bonds. The van der Waals surface area contributed by atoms with Gasteiger partial charge in [-0.25, -0.2) is 4.79 Å². The van der Waals surface area contributed by atoms with Crippen LogP contribution < -0.4 is 14.8 Å². The molecule has 6 nitrogen and oxygen atoms in total. The summed E-state index contributed by atoms with van der Waals surface area (Å²) in [5.41, 5.74) is 2.61. The fraction of sp³-hybridized carbons (Fsp3) is 0.333. The fourth-order valence-corrected chi connectivity index (χ4v) is 5.36. The van der Waals surface area contributed by atoms with Gasteiger partial charge in [-0.15, -0.1) is 11.3 Å². The van der Waals surface area contributed by atoms with Crippen molar-refractivity contribution < 1.29 is 23.8 Å². The minimum Gasteiger partial charge on any atom is -0.489 e. The van der Waals surface area contributed by atoms with E-state index in [1.54, 1.807) is 19.1 Å². The molecule has 0 spiro atoms. The summed E-state index contributed by atoms with van der Waals surface area (Å²) in [6.45, 7) is 4.60. The number of thiophene rings is 1. The molecule has 1 aliphatic rings. The van der Waals surface area contributed by atoms with E-state index in [1.165, 1.54) is 11.3 Å². The number of carbonyl (C=O) groups excluding carboxylic acids is 2. The maximum absolute atomic E-state index is 12.6. The zero-order valence-electron chi connectivity index (χ0n) is 19.5. The molecule has 1 aromatic heterocycles. The van der Waals surface area contributed by atoms with Crippen LogP contribution >= 0.6 is 11.3 Å². The van der Waals surface area contributed by atoms with Gasteiger partial charge in [0.2, 0.25) is 0 Å². The van der Waals surface area contributed by atoms with Crippen LogP contribution in [0.3, 0.4) is 0 Å². The highest BCUT2D eigenvalue weighted by molar-refractivity contribution is 7.17. The molecule has 1 unspecified atom stereocenters. The molecule has 1 N–H and O–H groups in total. The van der Waals surface area contributed by atoms with E-state index in [0.717, 1.165) is 41.0 Å². The average molecular weight is 480 g/mol. The predicted octanol–water partition coefficient (Wildman–Crippen LogP) is 5.65. The van der Waals surface area contributed by atoms with Crippen molar-refractivity contribution in [1.82, 2.24) is 0 Å². The highest BCUT2D eigenvalue weighted by Gasteiger charge is 2.29. The Morgan fingerprint density at radius 2 is 1.74 bits per heavy atom. The standard InChI is InChI=1S/C27H29NO5S/c1-3-31-27(30)25-22-14-9-18(2)15-23(22)34-26(25)28-24(29)17-33-21-12-10-20(11-13-21)32-16-19-7-5-4-6-8-19/h4-8,10-13,18H,3,9,14-17H2,1-2H3,(H,28,29). The summed E-state index contributed by atoms with van der Waals surface area (Å²) in [6.07, 6.45) is 2.77. The van der Waals surface area contributed by atoms with E-state index in [2.05, 4.69) is 12.2 Å². The number of hydrogen-bond acceptors (Lipinski definition) is 6. The number of fused-ring (bicyclic) bond motifs is 1. The number of hydrogen-bond donors (Lipinski definition) is 1. The van der Waals surface area contributed by atoms with Crippen LogP contribution in [-0.4, -0.2) is 25.1 Å². The van der Waals surface area contributed by atoms with Crippen molar-refractivity contribution >= 4 is 28.2 Å². The number of nitrogens with one attached hydrogen (secondary N) is 1. The Morgan fingerprint density at radius 1 is 1.03 bits per heavy atom. The van der Waals surface area contributed by atoms with E-state index >= 15 is 0 Å². The van der Waals surface area contributed by atoms with Gasteiger partial charge in [0.25, 0.3) is 5.91 Å². The lowest BCUT2D eigenvalue weighted by Gasteiger charge is -2.18. The van der Waals surface area contributed by atoms with Gasteiger partial charge in [-0.1, -0.05) is 37.3 Å². The minimum absolute atomic E-state index is 0.161. The molecule has 0 fully saturated rings. The van der Waals surface area contributed by atoms with Gasteiger partial charge in [0.05, 0.1) is 12.2 Å². The molecule has 0 saturated heterocycles. The first-order valence-corrected chi connectivity index (χ1v) is 12.4. The van der Waals surface area contributed by atoms with Gasteiger partial charge in [-0.3, -0.25) is 4.79 Å². The van der Waals surface area contributed by atoms with Crippen LogP contribution in [0.1, 0.15) is 46.6 Å². The maximum Gasteiger partial charge on any atom is 0.341 e. The van der Waals surface area contributed by atoms with Crippen LogP contribution in [0.5, 0.6) is 11.5 Å². The van der Waals surface area contributed by atoms with Gasteiger partial charge < -0.3 is 19.5 Å². The summed E-state index contributed by atoms with van der Waals surface area (Å²) in [5, 5.41) is 3.42. The predicted molar refractivity (Wildman–Crippen MR) is 133 cm³/mol. The van der Waals surface area contributed by atoms with Crippen LogP contribution in [0.15, 0.2) is 54.6 Å². The average Bonchev–Trinajstić information content (AvgIpc) is 3.19. The van der Waals surface area contributed by atoms with Crippen molar-refractivity contribution in [3.8, 4) is 11.5 Å². The molecule has 0 radical (unpaired) electrons. The zero-order valence-corrected chi connectivity index (χ0v) is 20.3. The molecule has 0 aliphatic heterocycles. The second-order valence-corrected chi connectivity index (χ2v) is 9.46. The molecular formula is C27H29NO5S. The van der Waals surface area contributed by atoms with Gasteiger partial charge in [-0.05, 0) is 67.5 Å². The van der Waals surface area contributed by atoms with Crippen molar-refractivity contribution in [2.24, 2.45) is 5.92 Å². The van der Waals surface area contributed by atoms with Gasteiger partial charge in [0.15, 0.2) is 6.61 Å². The molecule has 2 aromatic carbocycles. The molecule has 0 bridgehead atoms. The SMILES string of the molecule is CCOC(=O)c1c(NC(=O)COc2ccc(OCc3ccccc3)cc2)sc2c1CCC(C)C2. The highest BCUT2D eigenvalue weighted by Crippen LogP contribution is 2.40. The first kappa shape index (κ1) is 23.8. The summed E-state index contributed by atoms with van der Waals surface area (Å²) in [6, 6.07) is 17.1. The monoisotopic (exact) mass is 479 g/mol. The molecule has 178 valence electrons. The van der Waals surface area contributed by atoms with Crippen molar-refractivity contribution in [3.05, 3.63) is 76.2 Å². The Bertz CT molecular complexity index is 1120. The van der Waals surface area contributed by atoms with Crippen molar-refractivity contribution in [3.63, 3.8) is 0 Å². The second-order valence-electron chi connectivity index (χ2n) is 8.36. The number of amides is 1. The molecule has 1 atom stereocenters. The third kappa shape index (κ3) is 5.97. The molecule has 1 heterocycles. The molecule has 3 aromatic rings. The van der Waals surface area contributed by atoms with E-state index in [4.69, 9.17) is 14.2 Å². The highest BCUT2D eigenvalue weighted by atomic mass is 32.1. The Hall–Kier alpha value is -3.32. The van der Waals surface area contributed by atoms with E-state index in [1.807, 2.05) is 42.5 Å². The van der Waals surface area contributed by atoms with Gasteiger partial charge in [0, 0.05) is 4.88 Å². The molecule has 34 heavy (non-hydrogen) atoms. The largest absolute Gasteiger partial charge is 0.489 e. The maximum atomic E-state index is 12.6. The van der Waals surface area contributed by atoms with Gasteiger partial charge in [-0.2, -0.15) is 0 Å². The molecular weight excluding hydrogens is 450 g/mol. The Morgan fingerprint density at radius 3 is 2.44 bits per heavy atom. The molecule has 0 saturated carbocycles. The molecule has 4 rings (SSSR count). The van der Waals surface area contributed by atoms with Crippen LogP contribution in [0.25, 0.3) is 0 Å². The quantitative estimate of drug-likeness (QED) is 0.402. The smallest absolute Gasteiger partial charge is 0.341 e. The molecule has 1 aliphatic carbocycles. The lowest BCUT2D eigenvalue weighted by molar-refractivity contribution is -0.118. The Balaban J connectivity index is 1.34.